The van der Waals surface area contributed by atoms with Gasteiger partial charge in [0.15, 0.2) is 0 Å². The van der Waals surface area contributed by atoms with Gasteiger partial charge in [0.2, 0.25) is 0 Å². The number of aromatic nitrogens is 2. The summed E-state index contributed by atoms with van der Waals surface area (Å²) in [6.07, 6.45) is 0.820. The first-order valence-corrected chi connectivity index (χ1v) is 7.10. The smallest absolute Gasteiger partial charge is 0.135 e. The maximum absolute atomic E-state index is 4.42. The molecule has 0 radical (unpaired) electrons. The lowest BCUT2D eigenvalue weighted by Gasteiger charge is -2.07. The van der Waals surface area contributed by atoms with Crippen LogP contribution in [-0.4, -0.2) is 9.97 Å². The molecule has 0 atom stereocenters. The lowest BCUT2D eigenvalue weighted by Crippen LogP contribution is -1.99. The Morgan fingerprint density at radius 2 is 1.94 bits per heavy atom. The van der Waals surface area contributed by atoms with Crippen molar-refractivity contribution >= 4 is 50.0 Å². The average molecular weight is 404 g/mol. The van der Waals surface area contributed by atoms with E-state index in [4.69, 9.17) is 0 Å². The van der Waals surface area contributed by atoms with Gasteiger partial charge in [-0.1, -0.05) is 6.92 Å². The first-order valence-electron chi connectivity index (χ1n) is 5.23. The van der Waals surface area contributed by atoms with Crippen molar-refractivity contribution in [1.29, 1.82) is 0 Å². The molecule has 3 nitrogen and oxygen atoms in total. The molecular formula is C12H11BrIN3. The van der Waals surface area contributed by atoms with E-state index in [1.165, 1.54) is 3.57 Å². The first-order chi connectivity index (χ1) is 8.17. The van der Waals surface area contributed by atoms with E-state index < -0.39 is 0 Å². The Kier molecular flexibility index (Phi) is 4.33. The van der Waals surface area contributed by atoms with E-state index in [0.717, 1.165) is 28.4 Å². The van der Waals surface area contributed by atoms with Crippen LogP contribution >= 0.6 is 38.5 Å². The van der Waals surface area contributed by atoms with Gasteiger partial charge in [-0.25, -0.2) is 9.97 Å². The van der Waals surface area contributed by atoms with Gasteiger partial charge in [-0.05, 0) is 62.8 Å². The summed E-state index contributed by atoms with van der Waals surface area (Å²) in [5.41, 5.74) is 1.03. The molecule has 0 bridgehead atoms. The number of nitrogens with one attached hydrogen (secondary N) is 1. The highest BCUT2D eigenvalue weighted by Gasteiger charge is 2.02. The molecule has 0 saturated carbocycles. The van der Waals surface area contributed by atoms with Gasteiger partial charge in [0.05, 0.1) is 0 Å². The summed E-state index contributed by atoms with van der Waals surface area (Å²) in [7, 11) is 0. The molecule has 0 saturated heterocycles. The van der Waals surface area contributed by atoms with Gasteiger partial charge in [-0.2, -0.15) is 0 Å². The van der Waals surface area contributed by atoms with Crippen LogP contribution in [0.1, 0.15) is 12.7 Å². The average Bonchev–Trinajstić information content (AvgIpc) is 2.31. The maximum Gasteiger partial charge on any atom is 0.135 e. The summed E-state index contributed by atoms with van der Waals surface area (Å²) in [5, 5.41) is 3.26. The molecule has 0 unspecified atom stereocenters. The topological polar surface area (TPSA) is 37.8 Å². The third-order valence-electron chi connectivity index (χ3n) is 2.17. The second-order valence-electron chi connectivity index (χ2n) is 3.48. The molecule has 1 aromatic heterocycles. The van der Waals surface area contributed by atoms with Gasteiger partial charge in [-0.15, -0.1) is 0 Å². The van der Waals surface area contributed by atoms with Crippen molar-refractivity contribution in [3.63, 3.8) is 0 Å². The number of halogens is 2. The molecule has 5 heteroatoms. The van der Waals surface area contributed by atoms with Crippen molar-refractivity contribution < 1.29 is 0 Å². The van der Waals surface area contributed by atoms with E-state index in [0.29, 0.717) is 0 Å². The Morgan fingerprint density at radius 1 is 1.24 bits per heavy atom. The predicted octanol–water partition coefficient (Wildman–Crippen LogP) is 4.15. The summed E-state index contributed by atoms with van der Waals surface area (Å²) in [4.78, 5) is 8.69. The largest absolute Gasteiger partial charge is 0.340 e. The van der Waals surface area contributed by atoms with E-state index in [-0.39, 0.29) is 0 Å². The number of hydrogen-bond donors (Lipinski definition) is 1. The van der Waals surface area contributed by atoms with Crippen LogP contribution in [0.2, 0.25) is 0 Å². The van der Waals surface area contributed by atoms with Gasteiger partial charge in [0.1, 0.15) is 16.2 Å². The highest BCUT2D eigenvalue weighted by molar-refractivity contribution is 14.1. The van der Waals surface area contributed by atoms with E-state index >= 15 is 0 Å². The molecule has 2 aromatic rings. The quantitative estimate of drug-likeness (QED) is 0.617. The Balaban J connectivity index is 2.23. The minimum absolute atomic E-state index is 0.803. The second-order valence-corrected chi connectivity index (χ2v) is 5.54. The number of rotatable bonds is 3. The Hall–Kier alpha value is -0.690. The molecule has 1 heterocycles. The van der Waals surface area contributed by atoms with Gasteiger partial charge < -0.3 is 5.32 Å². The van der Waals surface area contributed by atoms with Crippen LogP contribution in [0.5, 0.6) is 0 Å². The molecule has 0 aliphatic rings. The van der Waals surface area contributed by atoms with Crippen molar-refractivity contribution in [2.24, 2.45) is 0 Å². The molecule has 1 N–H and O–H groups in total. The van der Waals surface area contributed by atoms with Crippen LogP contribution < -0.4 is 5.32 Å². The van der Waals surface area contributed by atoms with Gasteiger partial charge >= 0.3 is 0 Å². The van der Waals surface area contributed by atoms with E-state index in [9.17, 15) is 0 Å². The third kappa shape index (κ3) is 3.64. The predicted molar refractivity (Wildman–Crippen MR) is 81.6 cm³/mol. The van der Waals surface area contributed by atoms with Crippen molar-refractivity contribution in [2.45, 2.75) is 13.3 Å². The number of aryl methyl sites for hydroxylation is 1. The Bertz CT molecular complexity index is 514. The van der Waals surface area contributed by atoms with Crippen LogP contribution in [0.3, 0.4) is 0 Å². The number of hydrogen-bond acceptors (Lipinski definition) is 3. The van der Waals surface area contributed by atoms with Crippen molar-refractivity contribution in [3.8, 4) is 0 Å². The lowest BCUT2D eigenvalue weighted by atomic mass is 10.3. The Labute approximate surface area is 122 Å². The molecule has 0 aliphatic carbocycles. The zero-order valence-corrected chi connectivity index (χ0v) is 13.0. The molecule has 17 heavy (non-hydrogen) atoms. The molecule has 88 valence electrons. The maximum atomic E-state index is 4.42. The lowest BCUT2D eigenvalue weighted by molar-refractivity contribution is 0.931. The van der Waals surface area contributed by atoms with Crippen molar-refractivity contribution in [1.82, 2.24) is 9.97 Å². The van der Waals surface area contributed by atoms with Crippen molar-refractivity contribution in [3.05, 3.63) is 44.3 Å². The summed E-state index contributed by atoms with van der Waals surface area (Å²) in [6, 6.07) is 10.0. The molecule has 0 fully saturated rings. The fourth-order valence-electron chi connectivity index (χ4n) is 1.37. The van der Waals surface area contributed by atoms with Gasteiger partial charge in [0, 0.05) is 21.7 Å². The summed E-state index contributed by atoms with van der Waals surface area (Å²) in [6.45, 7) is 2.04. The fraction of sp³-hybridized carbons (Fsp3) is 0.167. The van der Waals surface area contributed by atoms with Crippen LogP contribution in [0.25, 0.3) is 0 Å². The van der Waals surface area contributed by atoms with Crippen LogP contribution in [-0.2, 0) is 6.42 Å². The van der Waals surface area contributed by atoms with E-state index in [2.05, 4.69) is 65.9 Å². The Morgan fingerprint density at radius 3 is 2.59 bits per heavy atom. The minimum atomic E-state index is 0.803. The molecule has 2 rings (SSSR count). The van der Waals surface area contributed by atoms with Gasteiger partial charge in [0.25, 0.3) is 0 Å². The standard InChI is InChI=1S/C12H11BrIN3/c1-2-11-16-10(13)7-12(17-11)15-9-5-3-8(14)4-6-9/h3-7H,2H2,1H3,(H,15,16,17). The number of nitrogens with zero attached hydrogens (tertiary/aromatic N) is 2. The number of benzene rings is 1. The SMILES string of the molecule is CCc1nc(Br)cc(Nc2ccc(I)cc2)n1. The highest BCUT2D eigenvalue weighted by Crippen LogP contribution is 2.19. The van der Waals surface area contributed by atoms with E-state index in [1.54, 1.807) is 0 Å². The zero-order valence-electron chi connectivity index (χ0n) is 9.24. The molecule has 0 aliphatic heterocycles. The first kappa shape index (κ1) is 12.8. The monoisotopic (exact) mass is 403 g/mol. The zero-order chi connectivity index (χ0) is 12.3. The molecular weight excluding hydrogens is 393 g/mol. The second kappa shape index (κ2) is 5.77. The minimum Gasteiger partial charge on any atom is -0.340 e. The fourth-order valence-corrected chi connectivity index (χ4v) is 2.15. The molecule has 1 aromatic carbocycles. The van der Waals surface area contributed by atoms with Crippen LogP contribution in [0.15, 0.2) is 34.9 Å². The van der Waals surface area contributed by atoms with Crippen LogP contribution in [0, 0.1) is 3.57 Å². The molecule has 0 amide bonds. The number of anilines is 2. The molecule has 0 spiro atoms. The summed E-state index contributed by atoms with van der Waals surface area (Å²) >= 11 is 5.67. The van der Waals surface area contributed by atoms with E-state index in [1.807, 2.05) is 25.1 Å². The summed E-state index contributed by atoms with van der Waals surface area (Å²) < 4.78 is 2.02. The van der Waals surface area contributed by atoms with Crippen molar-refractivity contribution in [2.75, 3.05) is 5.32 Å². The van der Waals surface area contributed by atoms with Crippen LogP contribution in [0.4, 0.5) is 11.5 Å². The normalized spacial score (nSPS) is 10.3. The van der Waals surface area contributed by atoms with Gasteiger partial charge in [-0.3, -0.25) is 0 Å². The summed E-state index contributed by atoms with van der Waals surface area (Å²) in [5.74, 6) is 1.64. The highest BCUT2D eigenvalue weighted by atomic mass is 127. The third-order valence-corrected chi connectivity index (χ3v) is 3.30.